The van der Waals surface area contributed by atoms with Gasteiger partial charge in [-0.1, -0.05) is 0 Å². The van der Waals surface area contributed by atoms with Gasteiger partial charge in [0.2, 0.25) is 5.88 Å². The first-order valence-corrected chi connectivity index (χ1v) is 8.81. The van der Waals surface area contributed by atoms with Gasteiger partial charge in [0.05, 0.1) is 6.61 Å². The summed E-state index contributed by atoms with van der Waals surface area (Å²) < 4.78 is 5.72. The van der Waals surface area contributed by atoms with Crippen molar-refractivity contribution in [3.05, 3.63) is 46.3 Å². The van der Waals surface area contributed by atoms with Gasteiger partial charge in [0, 0.05) is 32.4 Å². The minimum Gasteiger partial charge on any atom is -0.477 e. The first-order chi connectivity index (χ1) is 11.3. The van der Waals surface area contributed by atoms with E-state index in [1.165, 1.54) is 18.4 Å². The molecule has 2 heterocycles. The van der Waals surface area contributed by atoms with Gasteiger partial charge in [-0.15, -0.1) is 0 Å². The molecule has 3 rings (SSSR count). The number of hydrogen-bond acceptors (Lipinski definition) is 4. The first kappa shape index (κ1) is 15.8. The minimum absolute atomic E-state index is 0.686. The van der Waals surface area contributed by atoms with E-state index in [4.69, 9.17) is 4.74 Å². The Hall–Kier alpha value is -2.08. The molecule has 5 nitrogen and oxygen atoms in total. The van der Waals surface area contributed by atoms with Gasteiger partial charge in [0.1, 0.15) is 0 Å². The van der Waals surface area contributed by atoms with Gasteiger partial charge in [-0.25, -0.2) is 4.98 Å². The van der Waals surface area contributed by atoms with Crippen molar-refractivity contribution in [2.75, 3.05) is 13.7 Å². The highest BCUT2D eigenvalue weighted by Crippen LogP contribution is 2.29. The van der Waals surface area contributed by atoms with Gasteiger partial charge in [-0.2, -0.15) is 11.3 Å². The van der Waals surface area contributed by atoms with Crippen LogP contribution in [0.5, 0.6) is 5.88 Å². The highest BCUT2D eigenvalue weighted by atomic mass is 32.1. The molecule has 2 aromatic heterocycles. The predicted octanol–water partition coefficient (Wildman–Crippen LogP) is 2.80. The quantitative estimate of drug-likeness (QED) is 0.605. The van der Waals surface area contributed by atoms with Crippen LogP contribution in [-0.2, 0) is 13.1 Å². The maximum Gasteiger partial charge on any atom is 0.213 e. The van der Waals surface area contributed by atoms with E-state index in [0.29, 0.717) is 12.4 Å². The lowest BCUT2D eigenvalue weighted by Crippen LogP contribution is -2.36. The summed E-state index contributed by atoms with van der Waals surface area (Å²) in [5.74, 6) is 2.23. The Bertz CT molecular complexity index is 638. The van der Waals surface area contributed by atoms with E-state index in [1.807, 2.05) is 12.1 Å². The lowest BCUT2D eigenvalue weighted by molar-refractivity contribution is 0.288. The lowest BCUT2D eigenvalue weighted by atomic mass is 10.2. The minimum atomic E-state index is 0.686. The zero-order chi connectivity index (χ0) is 15.9. The van der Waals surface area contributed by atoms with E-state index in [-0.39, 0.29) is 0 Å². The van der Waals surface area contributed by atoms with Crippen LogP contribution in [0.3, 0.4) is 0 Å². The molecule has 2 aromatic rings. The van der Waals surface area contributed by atoms with Crippen LogP contribution in [0.25, 0.3) is 0 Å². The fourth-order valence-corrected chi connectivity index (χ4v) is 2.78. The van der Waals surface area contributed by atoms with Crippen molar-refractivity contribution in [2.24, 2.45) is 10.9 Å². The van der Waals surface area contributed by atoms with E-state index < -0.39 is 0 Å². The molecule has 0 aliphatic heterocycles. The average Bonchev–Trinajstić information content (AvgIpc) is 3.27. The molecular formula is C17H22N4OS. The van der Waals surface area contributed by atoms with Gasteiger partial charge in [-0.3, -0.25) is 4.99 Å². The molecule has 2 N–H and O–H groups in total. The third kappa shape index (κ3) is 5.25. The van der Waals surface area contributed by atoms with E-state index in [1.54, 1.807) is 24.6 Å². The highest BCUT2D eigenvalue weighted by molar-refractivity contribution is 7.07. The van der Waals surface area contributed by atoms with E-state index in [2.05, 4.69) is 37.4 Å². The number of aliphatic imine (C=N–C) groups is 1. The van der Waals surface area contributed by atoms with Crippen LogP contribution in [0.15, 0.2) is 40.1 Å². The van der Waals surface area contributed by atoms with Crippen LogP contribution in [-0.4, -0.2) is 24.6 Å². The summed E-state index contributed by atoms with van der Waals surface area (Å²) in [6.07, 6.45) is 4.36. The van der Waals surface area contributed by atoms with Crippen LogP contribution in [0, 0.1) is 5.92 Å². The largest absolute Gasteiger partial charge is 0.477 e. The van der Waals surface area contributed by atoms with E-state index in [0.717, 1.165) is 30.6 Å². The molecule has 1 aliphatic rings. The molecule has 23 heavy (non-hydrogen) atoms. The van der Waals surface area contributed by atoms with Crippen molar-refractivity contribution >= 4 is 17.3 Å². The summed E-state index contributed by atoms with van der Waals surface area (Å²) in [5, 5.41) is 10.8. The monoisotopic (exact) mass is 330 g/mol. The molecular weight excluding hydrogens is 308 g/mol. The standard InChI is InChI=1S/C17H22N4OS/c1-18-17(21-10-15-5-7-23-12-15)20-9-14-4-6-19-16(8-14)22-11-13-2-3-13/h4-8,12-13H,2-3,9-11H2,1H3,(H2,18,20,21). The van der Waals surface area contributed by atoms with Crippen LogP contribution in [0.4, 0.5) is 0 Å². The number of nitrogens with zero attached hydrogens (tertiary/aromatic N) is 2. The molecule has 1 fully saturated rings. The second-order valence-electron chi connectivity index (χ2n) is 5.67. The molecule has 0 amide bonds. The number of pyridine rings is 1. The molecule has 0 unspecified atom stereocenters. The third-order valence-electron chi connectivity index (χ3n) is 3.69. The van der Waals surface area contributed by atoms with Gasteiger partial charge >= 0.3 is 0 Å². The van der Waals surface area contributed by atoms with Crippen LogP contribution in [0.2, 0.25) is 0 Å². The Morgan fingerprint density at radius 2 is 2.13 bits per heavy atom. The number of thiophene rings is 1. The topological polar surface area (TPSA) is 58.5 Å². The van der Waals surface area contributed by atoms with Gasteiger partial charge < -0.3 is 15.4 Å². The molecule has 0 atom stereocenters. The maximum absolute atomic E-state index is 5.72. The summed E-state index contributed by atoms with van der Waals surface area (Å²) in [6.45, 7) is 2.24. The molecule has 0 aromatic carbocycles. The van der Waals surface area contributed by atoms with E-state index in [9.17, 15) is 0 Å². The van der Waals surface area contributed by atoms with Crippen LogP contribution < -0.4 is 15.4 Å². The first-order valence-electron chi connectivity index (χ1n) is 7.87. The molecule has 0 spiro atoms. The van der Waals surface area contributed by atoms with Gasteiger partial charge in [-0.05, 0) is 52.8 Å². The molecule has 1 saturated carbocycles. The Morgan fingerprint density at radius 1 is 1.30 bits per heavy atom. The Labute approximate surface area is 140 Å². The van der Waals surface area contributed by atoms with Crippen molar-refractivity contribution in [1.29, 1.82) is 0 Å². The van der Waals surface area contributed by atoms with Crippen molar-refractivity contribution in [2.45, 2.75) is 25.9 Å². The smallest absolute Gasteiger partial charge is 0.213 e. The van der Waals surface area contributed by atoms with Crippen LogP contribution in [0.1, 0.15) is 24.0 Å². The maximum atomic E-state index is 5.72. The number of aromatic nitrogens is 1. The fourth-order valence-electron chi connectivity index (χ4n) is 2.11. The lowest BCUT2D eigenvalue weighted by Gasteiger charge is -2.12. The van der Waals surface area contributed by atoms with Crippen LogP contribution >= 0.6 is 11.3 Å². The number of rotatable bonds is 7. The van der Waals surface area contributed by atoms with Gasteiger partial charge in [0.25, 0.3) is 0 Å². The molecule has 122 valence electrons. The SMILES string of the molecule is CN=C(NCc1ccsc1)NCc1ccnc(OCC2CC2)c1. The fraction of sp³-hybridized carbons (Fsp3) is 0.412. The zero-order valence-electron chi connectivity index (χ0n) is 13.3. The Morgan fingerprint density at radius 3 is 2.83 bits per heavy atom. The number of hydrogen-bond donors (Lipinski definition) is 2. The summed E-state index contributed by atoms with van der Waals surface area (Å²) in [7, 11) is 1.78. The highest BCUT2D eigenvalue weighted by Gasteiger charge is 2.22. The number of guanidine groups is 1. The van der Waals surface area contributed by atoms with Crippen molar-refractivity contribution in [3.8, 4) is 5.88 Å². The second kappa shape index (κ2) is 7.97. The Balaban J connectivity index is 1.46. The van der Waals surface area contributed by atoms with Gasteiger partial charge in [0.15, 0.2) is 5.96 Å². The molecule has 6 heteroatoms. The Kier molecular flexibility index (Phi) is 5.47. The number of nitrogens with one attached hydrogen (secondary N) is 2. The summed E-state index contributed by atoms with van der Waals surface area (Å²) in [6, 6.07) is 6.09. The predicted molar refractivity (Wildman–Crippen MR) is 93.8 cm³/mol. The van der Waals surface area contributed by atoms with Crippen molar-refractivity contribution in [1.82, 2.24) is 15.6 Å². The van der Waals surface area contributed by atoms with Crippen molar-refractivity contribution < 1.29 is 4.74 Å². The van der Waals surface area contributed by atoms with Crippen molar-refractivity contribution in [3.63, 3.8) is 0 Å². The summed E-state index contributed by atoms with van der Waals surface area (Å²) >= 11 is 1.70. The molecule has 1 aliphatic carbocycles. The molecule has 0 radical (unpaired) electrons. The van der Waals surface area contributed by atoms with E-state index >= 15 is 0 Å². The second-order valence-corrected chi connectivity index (χ2v) is 6.45. The molecule has 0 bridgehead atoms. The average molecular weight is 330 g/mol. The number of ether oxygens (including phenoxy) is 1. The normalized spacial score (nSPS) is 14.6. The third-order valence-corrected chi connectivity index (χ3v) is 4.42. The summed E-state index contributed by atoms with van der Waals surface area (Å²) in [5.41, 5.74) is 2.39. The zero-order valence-corrected chi connectivity index (χ0v) is 14.1. The summed E-state index contributed by atoms with van der Waals surface area (Å²) in [4.78, 5) is 8.51. The molecule has 0 saturated heterocycles.